The van der Waals surface area contributed by atoms with Crippen molar-refractivity contribution in [3.8, 4) is 0 Å². The number of Topliss-reactive ketones (excluding diaryl/α,β-unsaturated/α-hetero) is 2. The Morgan fingerprint density at radius 1 is 0.816 bits per heavy atom. The molecule has 9 heteroatoms. The molecule has 1 aliphatic rings. The number of hydrogen-bond donors (Lipinski definition) is 1. The van der Waals surface area contributed by atoms with Gasteiger partial charge in [0.2, 0.25) is 5.91 Å². The fourth-order valence-electron chi connectivity index (χ4n) is 4.71. The fraction of sp³-hybridized carbons (Fsp3) is 0.276. The number of ketones is 2. The summed E-state index contributed by atoms with van der Waals surface area (Å²) in [5.41, 5.74) is 1.18. The molecule has 0 bridgehead atoms. The van der Waals surface area contributed by atoms with E-state index in [1.807, 2.05) is 0 Å². The summed E-state index contributed by atoms with van der Waals surface area (Å²) < 4.78 is 14.0. The number of benzene rings is 3. The predicted octanol–water partition coefficient (Wildman–Crippen LogP) is 6.32. The minimum atomic E-state index is -1.08. The molecule has 4 rings (SSSR count). The summed E-state index contributed by atoms with van der Waals surface area (Å²) in [7, 11) is 0. The normalized spacial score (nSPS) is 15.1. The number of halogens is 4. The van der Waals surface area contributed by atoms with Crippen molar-refractivity contribution in [2.45, 2.75) is 24.7 Å². The number of piperazine rings is 1. The molecule has 3 aromatic carbocycles. The Morgan fingerprint density at radius 3 is 2.03 bits per heavy atom. The van der Waals surface area contributed by atoms with E-state index in [4.69, 9.17) is 34.8 Å². The van der Waals surface area contributed by atoms with E-state index in [9.17, 15) is 18.8 Å². The van der Waals surface area contributed by atoms with Gasteiger partial charge in [-0.1, -0.05) is 53.0 Å². The van der Waals surface area contributed by atoms with Gasteiger partial charge in [-0.15, -0.1) is 0 Å². The lowest BCUT2D eigenvalue weighted by Crippen LogP contribution is -2.46. The summed E-state index contributed by atoms with van der Waals surface area (Å²) in [6.45, 7) is 2.56. The molecule has 38 heavy (non-hydrogen) atoms. The molecule has 0 aromatic heterocycles. The first-order chi connectivity index (χ1) is 18.2. The molecule has 1 saturated heterocycles. The van der Waals surface area contributed by atoms with Gasteiger partial charge in [-0.3, -0.25) is 14.4 Å². The highest BCUT2D eigenvalue weighted by atomic mass is 35.5. The van der Waals surface area contributed by atoms with Crippen molar-refractivity contribution in [2.24, 2.45) is 0 Å². The summed E-state index contributed by atoms with van der Waals surface area (Å²) in [6.07, 6.45) is -0.0544. The SMILES string of the molecule is O=C(CCC(=O)N1CCNCC1)C(c1ccc(Cl)cc1)C(C(=O)c1ccc(Cl)cc1)c1ccc(F)cc1Cl. The van der Waals surface area contributed by atoms with Crippen LogP contribution in [0.5, 0.6) is 0 Å². The van der Waals surface area contributed by atoms with Gasteiger partial charge in [-0.25, -0.2) is 4.39 Å². The van der Waals surface area contributed by atoms with Crippen molar-refractivity contribution in [2.75, 3.05) is 26.2 Å². The molecule has 1 amide bonds. The highest BCUT2D eigenvalue weighted by Gasteiger charge is 2.38. The van der Waals surface area contributed by atoms with E-state index >= 15 is 0 Å². The van der Waals surface area contributed by atoms with E-state index in [0.717, 1.165) is 6.07 Å². The Hall–Kier alpha value is -2.77. The second kappa shape index (κ2) is 12.9. The molecule has 2 atom stereocenters. The Labute approximate surface area is 235 Å². The first-order valence-electron chi connectivity index (χ1n) is 12.3. The maximum absolute atomic E-state index is 14.0. The summed E-state index contributed by atoms with van der Waals surface area (Å²) >= 11 is 18.6. The standard InChI is InChI=1S/C29H26Cl3FN2O3/c30-20-5-1-18(2-6-20)27(25(36)11-12-26(37)35-15-13-34-14-16-35)28(23-10-9-22(33)17-24(23)32)29(38)19-3-7-21(31)8-4-19/h1-10,17,27-28,34H,11-16H2. The number of hydrogen-bond acceptors (Lipinski definition) is 4. The lowest BCUT2D eigenvalue weighted by atomic mass is 9.74. The van der Waals surface area contributed by atoms with Gasteiger partial charge in [0.25, 0.3) is 0 Å². The third-order valence-electron chi connectivity index (χ3n) is 6.67. The third-order valence-corrected chi connectivity index (χ3v) is 7.50. The molecule has 1 aliphatic heterocycles. The summed E-state index contributed by atoms with van der Waals surface area (Å²) in [6, 6.07) is 16.7. The minimum absolute atomic E-state index is 0.0158. The summed E-state index contributed by atoms with van der Waals surface area (Å²) in [5, 5.41) is 4.14. The number of carbonyl (C=O) groups is 3. The van der Waals surface area contributed by atoms with Crippen molar-refractivity contribution >= 4 is 52.3 Å². The van der Waals surface area contributed by atoms with E-state index in [2.05, 4.69) is 5.32 Å². The van der Waals surface area contributed by atoms with Crippen molar-refractivity contribution in [3.63, 3.8) is 0 Å². The van der Waals surface area contributed by atoms with Gasteiger partial charge in [0.1, 0.15) is 11.6 Å². The molecule has 0 saturated carbocycles. The fourth-order valence-corrected chi connectivity index (χ4v) is 5.25. The monoisotopic (exact) mass is 574 g/mol. The summed E-state index contributed by atoms with van der Waals surface area (Å²) in [5.74, 6) is -3.43. The van der Waals surface area contributed by atoms with Crippen LogP contribution in [0.2, 0.25) is 15.1 Å². The van der Waals surface area contributed by atoms with Crippen LogP contribution in [0.1, 0.15) is 46.2 Å². The molecule has 1 N–H and O–H groups in total. The van der Waals surface area contributed by atoms with Gasteiger partial charge in [0.05, 0.1) is 11.8 Å². The van der Waals surface area contributed by atoms with Gasteiger partial charge in [0.15, 0.2) is 5.78 Å². The minimum Gasteiger partial charge on any atom is -0.340 e. The van der Waals surface area contributed by atoms with Crippen LogP contribution in [-0.4, -0.2) is 48.6 Å². The van der Waals surface area contributed by atoms with E-state index in [0.29, 0.717) is 52.9 Å². The molecule has 2 unspecified atom stereocenters. The van der Waals surface area contributed by atoms with E-state index in [1.165, 1.54) is 12.1 Å². The molecular formula is C29H26Cl3FN2O3. The molecule has 0 radical (unpaired) electrons. The lowest BCUT2D eigenvalue weighted by molar-refractivity contribution is -0.134. The first-order valence-corrected chi connectivity index (χ1v) is 13.4. The molecule has 0 aliphatic carbocycles. The average Bonchev–Trinajstić information content (AvgIpc) is 2.92. The molecule has 3 aromatic rings. The van der Waals surface area contributed by atoms with E-state index in [-0.39, 0.29) is 35.3 Å². The zero-order valence-corrected chi connectivity index (χ0v) is 22.7. The maximum Gasteiger partial charge on any atom is 0.223 e. The van der Waals surface area contributed by atoms with Crippen LogP contribution >= 0.6 is 34.8 Å². The Kier molecular flexibility index (Phi) is 9.55. The maximum atomic E-state index is 14.0. The van der Waals surface area contributed by atoms with E-state index < -0.39 is 17.7 Å². The molecule has 0 spiro atoms. The molecule has 5 nitrogen and oxygen atoms in total. The van der Waals surface area contributed by atoms with Crippen molar-refractivity contribution in [3.05, 3.63) is 104 Å². The van der Waals surface area contributed by atoms with Crippen molar-refractivity contribution in [1.29, 1.82) is 0 Å². The topological polar surface area (TPSA) is 66.5 Å². The lowest BCUT2D eigenvalue weighted by Gasteiger charge is -2.29. The number of carbonyl (C=O) groups excluding carboxylic acids is 3. The number of nitrogens with one attached hydrogen (secondary N) is 1. The van der Waals surface area contributed by atoms with Crippen LogP contribution in [0, 0.1) is 5.82 Å². The van der Waals surface area contributed by atoms with Gasteiger partial charge in [0, 0.05) is 59.7 Å². The highest BCUT2D eigenvalue weighted by Crippen LogP contribution is 2.41. The summed E-state index contributed by atoms with van der Waals surface area (Å²) in [4.78, 5) is 42.4. The smallest absolute Gasteiger partial charge is 0.223 e. The van der Waals surface area contributed by atoms with Crippen molar-refractivity contribution in [1.82, 2.24) is 10.2 Å². The third kappa shape index (κ3) is 6.80. The Bertz CT molecular complexity index is 1310. The van der Waals surface area contributed by atoms with Crippen LogP contribution in [0.15, 0.2) is 66.7 Å². The zero-order chi connectivity index (χ0) is 27.2. The zero-order valence-electron chi connectivity index (χ0n) is 20.4. The Balaban J connectivity index is 1.75. The number of nitrogens with zero attached hydrogens (tertiary/aromatic N) is 1. The second-order valence-corrected chi connectivity index (χ2v) is 10.4. The molecular weight excluding hydrogens is 550 g/mol. The molecule has 198 valence electrons. The second-order valence-electron chi connectivity index (χ2n) is 9.14. The average molecular weight is 576 g/mol. The van der Waals surface area contributed by atoms with Crippen LogP contribution in [-0.2, 0) is 9.59 Å². The number of amides is 1. The van der Waals surface area contributed by atoms with Crippen LogP contribution in [0.25, 0.3) is 0 Å². The largest absolute Gasteiger partial charge is 0.340 e. The van der Waals surface area contributed by atoms with Gasteiger partial charge < -0.3 is 10.2 Å². The van der Waals surface area contributed by atoms with Gasteiger partial charge in [-0.2, -0.15) is 0 Å². The van der Waals surface area contributed by atoms with Crippen LogP contribution in [0.4, 0.5) is 4.39 Å². The predicted molar refractivity (Wildman–Crippen MR) is 148 cm³/mol. The highest BCUT2D eigenvalue weighted by molar-refractivity contribution is 6.32. The Morgan fingerprint density at radius 2 is 1.42 bits per heavy atom. The molecule has 1 fully saturated rings. The van der Waals surface area contributed by atoms with Crippen LogP contribution < -0.4 is 5.32 Å². The van der Waals surface area contributed by atoms with Crippen molar-refractivity contribution < 1.29 is 18.8 Å². The van der Waals surface area contributed by atoms with Gasteiger partial charge in [-0.05, 0) is 59.7 Å². The van der Waals surface area contributed by atoms with E-state index in [1.54, 1.807) is 53.4 Å². The molecule has 1 heterocycles. The quantitative estimate of drug-likeness (QED) is 0.303. The number of rotatable bonds is 9. The van der Waals surface area contributed by atoms with Crippen LogP contribution in [0.3, 0.4) is 0 Å². The first kappa shape index (κ1) is 28.2. The van der Waals surface area contributed by atoms with Gasteiger partial charge >= 0.3 is 0 Å².